The van der Waals surface area contributed by atoms with Gasteiger partial charge in [0.2, 0.25) is 0 Å². The summed E-state index contributed by atoms with van der Waals surface area (Å²) < 4.78 is 1.88. The molecule has 0 bridgehead atoms. The smallest absolute Gasteiger partial charge is 0.155 e. The fraction of sp³-hybridized carbons (Fsp3) is 0.190. The van der Waals surface area contributed by atoms with Gasteiger partial charge in [0.25, 0.3) is 0 Å². The van der Waals surface area contributed by atoms with E-state index in [1.807, 2.05) is 40.9 Å². The van der Waals surface area contributed by atoms with Crippen molar-refractivity contribution in [3.8, 4) is 11.4 Å². The van der Waals surface area contributed by atoms with Crippen LogP contribution >= 0.6 is 11.6 Å². The first-order valence-electron chi connectivity index (χ1n) is 8.54. The lowest BCUT2D eigenvalue weighted by Crippen LogP contribution is -2.21. The number of rotatable bonds is 4. The molecule has 0 spiro atoms. The van der Waals surface area contributed by atoms with Crippen LogP contribution in [0.2, 0.25) is 5.02 Å². The van der Waals surface area contributed by atoms with E-state index in [1.54, 1.807) is 12.4 Å². The Balaban J connectivity index is 1.74. The largest absolute Gasteiger partial charge is 0.255 e. The van der Waals surface area contributed by atoms with Crippen molar-refractivity contribution in [3.05, 3.63) is 83.3 Å². The van der Waals surface area contributed by atoms with Gasteiger partial charge in [0, 0.05) is 28.9 Å². The SMILES string of the molecule is CC(C)(Cc1ccc(Cl)cc1)c1cc2nccc(-c3ccccn3)n2n1. The number of pyridine rings is 1. The van der Waals surface area contributed by atoms with Gasteiger partial charge in [-0.05, 0) is 42.3 Å². The predicted octanol–water partition coefficient (Wildman–Crippen LogP) is 4.97. The van der Waals surface area contributed by atoms with Crippen LogP contribution in [0, 0.1) is 0 Å². The van der Waals surface area contributed by atoms with Gasteiger partial charge >= 0.3 is 0 Å². The Kier molecular flexibility index (Phi) is 4.21. The quantitative estimate of drug-likeness (QED) is 0.515. The molecule has 3 heterocycles. The summed E-state index contributed by atoms with van der Waals surface area (Å²) in [5, 5.41) is 5.62. The Bertz CT molecular complexity index is 1040. The van der Waals surface area contributed by atoms with Crippen LogP contribution in [0.5, 0.6) is 0 Å². The third kappa shape index (κ3) is 3.20. The number of halogens is 1. The molecular weight excluding hydrogens is 344 g/mol. The molecule has 4 rings (SSSR count). The summed E-state index contributed by atoms with van der Waals surface area (Å²) in [6.07, 6.45) is 4.46. The van der Waals surface area contributed by atoms with Crippen LogP contribution in [-0.4, -0.2) is 19.6 Å². The Morgan fingerprint density at radius 1 is 0.962 bits per heavy atom. The highest BCUT2D eigenvalue weighted by Gasteiger charge is 2.25. The van der Waals surface area contributed by atoms with Crippen LogP contribution in [0.4, 0.5) is 0 Å². The molecule has 0 saturated carbocycles. The first kappa shape index (κ1) is 16.7. The number of aromatic nitrogens is 4. The molecule has 26 heavy (non-hydrogen) atoms. The molecule has 5 heteroatoms. The van der Waals surface area contributed by atoms with Crippen molar-refractivity contribution in [2.24, 2.45) is 0 Å². The van der Waals surface area contributed by atoms with Gasteiger partial charge in [-0.15, -0.1) is 0 Å². The molecule has 0 amide bonds. The maximum Gasteiger partial charge on any atom is 0.155 e. The minimum absolute atomic E-state index is 0.136. The highest BCUT2D eigenvalue weighted by atomic mass is 35.5. The summed E-state index contributed by atoms with van der Waals surface area (Å²) in [7, 11) is 0. The Hall–Kier alpha value is -2.72. The molecule has 0 aliphatic heterocycles. The second kappa shape index (κ2) is 6.54. The van der Waals surface area contributed by atoms with Crippen LogP contribution in [0.3, 0.4) is 0 Å². The van der Waals surface area contributed by atoms with Crippen LogP contribution < -0.4 is 0 Å². The molecule has 4 aromatic rings. The standard InChI is InChI=1S/C21H19ClN4/c1-21(2,14-15-6-8-16(22)9-7-15)19-13-20-24-12-10-18(26(20)25-19)17-5-3-4-11-23-17/h3-13H,14H2,1-2H3. The van der Waals surface area contributed by atoms with Crippen molar-refractivity contribution in [1.29, 1.82) is 0 Å². The highest BCUT2D eigenvalue weighted by molar-refractivity contribution is 6.30. The Morgan fingerprint density at radius 2 is 1.77 bits per heavy atom. The van der Waals surface area contributed by atoms with E-state index in [9.17, 15) is 0 Å². The average Bonchev–Trinajstić information content (AvgIpc) is 3.09. The minimum atomic E-state index is -0.136. The monoisotopic (exact) mass is 362 g/mol. The minimum Gasteiger partial charge on any atom is -0.255 e. The first-order valence-corrected chi connectivity index (χ1v) is 8.92. The van der Waals surface area contributed by atoms with Gasteiger partial charge < -0.3 is 0 Å². The van der Waals surface area contributed by atoms with Crippen molar-refractivity contribution in [2.45, 2.75) is 25.7 Å². The third-order valence-corrected chi connectivity index (χ3v) is 4.79. The molecule has 0 aliphatic rings. The number of nitrogens with zero attached hydrogens (tertiary/aromatic N) is 4. The molecule has 0 radical (unpaired) electrons. The van der Waals surface area contributed by atoms with Gasteiger partial charge in [-0.3, -0.25) is 4.98 Å². The Morgan fingerprint density at radius 3 is 2.50 bits per heavy atom. The summed E-state index contributed by atoms with van der Waals surface area (Å²) >= 11 is 6.00. The van der Waals surface area contributed by atoms with Gasteiger partial charge in [-0.1, -0.05) is 43.6 Å². The number of benzene rings is 1. The van der Waals surface area contributed by atoms with Crippen LogP contribution in [-0.2, 0) is 11.8 Å². The summed E-state index contributed by atoms with van der Waals surface area (Å²) in [6.45, 7) is 4.40. The maximum absolute atomic E-state index is 6.00. The topological polar surface area (TPSA) is 43.1 Å². The number of hydrogen-bond donors (Lipinski definition) is 0. The number of fused-ring (bicyclic) bond motifs is 1. The molecule has 0 aliphatic carbocycles. The summed E-state index contributed by atoms with van der Waals surface area (Å²) in [6, 6.07) is 17.9. The van der Waals surface area contributed by atoms with Crippen molar-refractivity contribution in [1.82, 2.24) is 19.6 Å². The predicted molar refractivity (Wildman–Crippen MR) is 104 cm³/mol. The Labute approximate surface area is 157 Å². The highest BCUT2D eigenvalue weighted by Crippen LogP contribution is 2.29. The zero-order chi connectivity index (χ0) is 18.1. The lowest BCUT2D eigenvalue weighted by molar-refractivity contribution is 0.502. The van der Waals surface area contributed by atoms with Gasteiger partial charge in [0.1, 0.15) is 0 Å². The molecule has 0 atom stereocenters. The van der Waals surface area contributed by atoms with Crippen molar-refractivity contribution in [3.63, 3.8) is 0 Å². The van der Waals surface area contributed by atoms with Gasteiger partial charge in [0.05, 0.1) is 17.1 Å². The average molecular weight is 363 g/mol. The van der Waals surface area contributed by atoms with E-state index >= 15 is 0 Å². The zero-order valence-electron chi connectivity index (χ0n) is 14.7. The molecule has 0 unspecified atom stereocenters. The molecule has 130 valence electrons. The van der Waals surface area contributed by atoms with E-state index in [0.717, 1.165) is 34.2 Å². The molecule has 3 aromatic heterocycles. The van der Waals surface area contributed by atoms with Crippen molar-refractivity contribution < 1.29 is 0 Å². The molecule has 0 saturated heterocycles. The maximum atomic E-state index is 6.00. The summed E-state index contributed by atoms with van der Waals surface area (Å²) in [4.78, 5) is 8.92. The molecule has 1 aromatic carbocycles. The normalized spacial score (nSPS) is 11.8. The first-order chi connectivity index (χ1) is 12.5. The lowest BCUT2D eigenvalue weighted by atomic mass is 9.83. The fourth-order valence-electron chi connectivity index (χ4n) is 3.14. The lowest BCUT2D eigenvalue weighted by Gasteiger charge is -2.22. The summed E-state index contributed by atoms with van der Waals surface area (Å²) in [5.74, 6) is 0. The second-order valence-electron chi connectivity index (χ2n) is 7.03. The second-order valence-corrected chi connectivity index (χ2v) is 7.47. The van der Waals surface area contributed by atoms with Gasteiger partial charge in [-0.2, -0.15) is 5.10 Å². The number of hydrogen-bond acceptors (Lipinski definition) is 3. The van der Waals surface area contributed by atoms with E-state index in [0.29, 0.717) is 0 Å². The third-order valence-electron chi connectivity index (χ3n) is 4.54. The van der Waals surface area contributed by atoms with Crippen LogP contribution in [0.15, 0.2) is 67.0 Å². The van der Waals surface area contributed by atoms with E-state index in [4.69, 9.17) is 16.7 Å². The summed E-state index contributed by atoms with van der Waals surface area (Å²) in [5.41, 5.74) is 4.74. The van der Waals surface area contributed by atoms with E-state index in [-0.39, 0.29) is 5.41 Å². The molecule has 0 N–H and O–H groups in total. The molecular formula is C21H19ClN4. The fourth-order valence-corrected chi connectivity index (χ4v) is 3.26. The van der Waals surface area contributed by atoms with Crippen LogP contribution in [0.1, 0.15) is 25.1 Å². The molecule has 4 nitrogen and oxygen atoms in total. The zero-order valence-corrected chi connectivity index (χ0v) is 15.5. The van der Waals surface area contributed by atoms with E-state index < -0.39 is 0 Å². The van der Waals surface area contributed by atoms with Crippen molar-refractivity contribution >= 4 is 17.2 Å². The van der Waals surface area contributed by atoms with E-state index in [1.165, 1.54) is 5.56 Å². The van der Waals surface area contributed by atoms with Crippen LogP contribution in [0.25, 0.3) is 17.0 Å². The van der Waals surface area contributed by atoms with E-state index in [2.05, 4.69) is 42.0 Å². The van der Waals surface area contributed by atoms with Crippen molar-refractivity contribution in [2.75, 3.05) is 0 Å². The van der Waals surface area contributed by atoms with Gasteiger partial charge in [0.15, 0.2) is 5.65 Å². The molecule has 0 fully saturated rings. The van der Waals surface area contributed by atoms with Gasteiger partial charge in [-0.25, -0.2) is 9.50 Å².